The lowest BCUT2D eigenvalue weighted by Crippen LogP contribution is -2.34. The molecule has 0 radical (unpaired) electrons. The van der Waals surface area contributed by atoms with E-state index in [2.05, 4.69) is 4.74 Å². The van der Waals surface area contributed by atoms with Gasteiger partial charge in [-0.05, 0) is 32.8 Å². The summed E-state index contributed by atoms with van der Waals surface area (Å²) >= 11 is 0. The molecule has 4 nitrogen and oxygen atoms in total. The van der Waals surface area contributed by atoms with Crippen LogP contribution >= 0.6 is 0 Å². The maximum absolute atomic E-state index is 13.2. The van der Waals surface area contributed by atoms with E-state index in [0.717, 1.165) is 6.92 Å². The van der Waals surface area contributed by atoms with Crippen LogP contribution in [-0.2, 0) is 31.4 Å². The minimum atomic E-state index is -2.94. The first kappa shape index (κ1) is 19.1. The van der Waals surface area contributed by atoms with Crippen molar-refractivity contribution in [1.29, 1.82) is 0 Å². The van der Waals surface area contributed by atoms with E-state index in [-0.39, 0.29) is 12.0 Å². The molecule has 0 fully saturated rings. The maximum atomic E-state index is 13.2. The Morgan fingerprint density at radius 2 is 1.57 bits per heavy atom. The van der Waals surface area contributed by atoms with Crippen molar-refractivity contribution in [3.05, 3.63) is 35.4 Å². The summed E-state index contributed by atoms with van der Waals surface area (Å²) in [6.45, 7) is 5.88. The minimum Gasteiger partial charge on any atom is -0.468 e. The fraction of sp³-hybridized carbons (Fsp3) is 0.529. The summed E-state index contributed by atoms with van der Waals surface area (Å²) in [5.41, 5.74) is -0.301. The molecule has 1 aromatic carbocycles. The minimum absolute atomic E-state index is 0.0250. The van der Waals surface area contributed by atoms with E-state index < -0.39 is 29.4 Å². The third-order valence-corrected chi connectivity index (χ3v) is 3.08. The Labute approximate surface area is 134 Å². The van der Waals surface area contributed by atoms with E-state index in [4.69, 9.17) is 4.74 Å². The van der Waals surface area contributed by atoms with Gasteiger partial charge in [0.05, 0.1) is 7.11 Å². The predicted molar refractivity (Wildman–Crippen MR) is 81.1 cm³/mol. The van der Waals surface area contributed by atoms with Gasteiger partial charge < -0.3 is 9.47 Å². The van der Waals surface area contributed by atoms with Crippen LogP contribution in [0.1, 0.15) is 38.8 Å². The van der Waals surface area contributed by atoms with E-state index in [1.165, 1.54) is 31.4 Å². The second-order valence-electron chi connectivity index (χ2n) is 6.40. The molecule has 1 unspecified atom stereocenters. The predicted octanol–water partition coefficient (Wildman–Crippen LogP) is 3.47. The molecule has 0 aliphatic carbocycles. The molecule has 128 valence electrons. The van der Waals surface area contributed by atoms with Crippen molar-refractivity contribution in [2.75, 3.05) is 7.11 Å². The Kier molecular flexibility index (Phi) is 5.86. The molecule has 23 heavy (non-hydrogen) atoms. The Hall–Kier alpha value is -1.98. The number of hydrogen-bond donors (Lipinski definition) is 0. The molecule has 6 heteroatoms. The van der Waals surface area contributed by atoms with E-state index in [9.17, 15) is 18.4 Å². The zero-order valence-electron chi connectivity index (χ0n) is 14.0. The van der Waals surface area contributed by atoms with Crippen LogP contribution in [0.2, 0.25) is 0 Å². The third kappa shape index (κ3) is 5.96. The topological polar surface area (TPSA) is 52.6 Å². The summed E-state index contributed by atoms with van der Waals surface area (Å²) in [7, 11) is 1.18. The molecule has 1 rings (SSSR count). The largest absolute Gasteiger partial charge is 0.468 e. The standard InChI is InChI=1S/C17H22F2O4/c1-16(2,3)23-15(21)13(14(20)22-5)10-11-6-8-12(9-7-11)17(4,18)19/h6-9,13H,10H2,1-5H3. The third-order valence-electron chi connectivity index (χ3n) is 3.08. The van der Waals surface area contributed by atoms with Crippen LogP contribution in [0.25, 0.3) is 0 Å². The van der Waals surface area contributed by atoms with Gasteiger partial charge in [-0.3, -0.25) is 9.59 Å². The van der Waals surface area contributed by atoms with Crippen LogP contribution < -0.4 is 0 Å². The van der Waals surface area contributed by atoms with Gasteiger partial charge in [0.2, 0.25) is 0 Å². The van der Waals surface area contributed by atoms with Crippen LogP contribution in [0, 0.1) is 5.92 Å². The first-order chi connectivity index (χ1) is 10.4. The van der Waals surface area contributed by atoms with Gasteiger partial charge in [-0.15, -0.1) is 0 Å². The van der Waals surface area contributed by atoms with Crippen LogP contribution in [0.4, 0.5) is 8.78 Å². The molecule has 0 bridgehead atoms. The van der Waals surface area contributed by atoms with E-state index in [1.807, 2.05) is 0 Å². The summed E-state index contributed by atoms with van der Waals surface area (Å²) in [5.74, 6) is -5.49. The molecular weight excluding hydrogens is 306 g/mol. The fourth-order valence-corrected chi connectivity index (χ4v) is 1.95. The zero-order valence-corrected chi connectivity index (χ0v) is 14.0. The lowest BCUT2D eigenvalue weighted by molar-refractivity contribution is -0.168. The summed E-state index contributed by atoms with van der Waals surface area (Å²) in [5, 5.41) is 0. The average molecular weight is 328 g/mol. The molecule has 0 aliphatic rings. The first-order valence-corrected chi connectivity index (χ1v) is 7.22. The summed E-state index contributed by atoms with van der Waals surface area (Å²) in [6, 6.07) is 5.48. The lowest BCUT2D eigenvalue weighted by atomic mass is 9.97. The number of carbonyl (C=O) groups is 2. The van der Waals surface area contributed by atoms with Crippen molar-refractivity contribution < 1.29 is 27.8 Å². The van der Waals surface area contributed by atoms with E-state index >= 15 is 0 Å². The highest BCUT2D eigenvalue weighted by Crippen LogP contribution is 2.27. The number of halogens is 2. The quantitative estimate of drug-likeness (QED) is 0.613. The van der Waals surface area contributed by atoms with Crippen LogP contribution in [0.3, 0.4) is 0 Å². The van der Waals surface area contributed by atoms with Gasteiger partial charge in [-0.2, -0.15) is 0 Å². The highest BCUT2D eigenvalue weighted by molar-refractivity contribution is 5.95. The highest BCUT2D eigenvalue weighted by Gasteiger charge is 2.32. The SMILES string of the molecule is COC(=O)C(Cc1ccc(C(C)(F)F)cc1)C(=O)OC(C)(C)C. The van der Waals surface area contributed by atoms with Gasteiger partial charge >= 0.3 is 11.9 Å². The Morgan fingerprint density at radius 3 is 1.96 bits per heavy atom. The number of ether oxygens (including phenoxy) is 2. The summed E-state index contributed by atoms with van der Waals surface area (Å²) in [4.78, 5) is 24.0. The molecule has 0 saturated carbocycles. The monoisotopic (exact) mass is 328 g/mol. The number of methoxy groups -OCH3 is 1. The molecule has 1 aromatic rings. The fourth-order valence-electron chi connectivity index (χ4n) is 1.95. The van der Waals surface area contributed by atoms with Crippen LogP contribution in [-0.4, -0.2) is 24.6 Å². The number of alkyl halides is 2. The van der Waals surface area contributed by atoms with Crippen molar-refractivity contribution in [1.82, 2.24) is 0 Å². The number of rotatable bonds is 5. The average Bonchev–Trinajstić information content (AvgIpc) is 2.41. The van der Waals surface area contributed by atoms with Gasteiger partial charge in [-0.1, -0.05) is 24.3 Å². The number of esters is 2. The van der Waals surface area contributed by atoms with Gasteiger partial charge in [0.15, 0.2) is 5.92 Å². The number of carbonyl (C=O) groups excluding carboxylic acids is 2. The molecule has 0 amide bonds. The van der Waals surface area contributed by atoms with E-state index in [0.29, 0.717) is 5.56 Å². The summed E-state index contributed by atoms with van der Waals surface area (Å²) < 4.78 is 36.2. The van der Waals surface area contributed by atoms with Crippen molar-refractivity contribution in [2.24, 2.45) is 5.92 Å². The first-order valence-electron chi connectivity index (χ1n) is 7.22. The van der Waals surface area contributed by atoms with Crippen molar-refractivity contribution in [3.63, 3.8) is 0 Å². The Morgan fingerprint density at radius 1 is 1.04 bits per heavy atom. The molecule has 0 saturated heterocycles. The van der Waals surface area contributed by atoms with Gasteiger partial charge in [0.1, 0.15) is 5.60 Å². The van der Waals surface area contributed by atoms with Crippen molar-refractivity contribution in [2.45, 2.75) is 45.6 Å². The molecule has 0 spiro atoms. The molecule has 0 aliphatic heterocycles. The molecule has 0 N–H and O–H groups in total. The molecule has 0 heterocycles. The normalized spacial score (nSPS) is 13.3. The number of hydrogen-bond acceptors (Lipinski definition) is 4. The van der Waals surface area contributed by atoms with E-state index in [1.54, 1.807) is 20.8 Å². The zero-order chi connectivity index (χ0) is 17.8. The second kappa shape index (κ2) is 7.06. The van der Waals surface area contributed by atoms with Crippen LogP contribution in [0.15, 0.2) is 24.3 Å². The summed E-state index contributed by atoms with van der Waals surface area (Å²) in [6.07, 6.45) is 0.0250. The van der Waals surface area contributed by atoms with Gasteiger partial charge in [0, 0.05) is 12.5 Å². The Bertz CT molecular complexity index is 553. The maximum Gasteiger partial charge on any atom is 0.321 e. The molecular formula is C17H22F2O4. The lowest BCUT2D eigenvalue weighted by Gasteiger charge is -2.23. The van der Waals surface area contributed by atoms with Crippen molar-refractivity contribution >= 4 is 11.9 Å². The molecule has 0 aromatic heterocycles. The second-order valence-corrected chi connectivity index (χ2v) is 6.40. The number of benzene rings is 1. The van der Waals surface area contributed by atoms with Gasteiger partial charge in [-0.25, -0.2) is 8.78 Å². The smallest absolute Gasteiger partial charge is 0.321 e. The van der Waals surface area contributed by atoms with Crippen LogP contribution in [0.5, 0.6) is 0 Å². The van der Waals surface area contributed by atoms with Gasteiger partial charge in [0.25, 0.3) is 5.92 Å². The highest BCUT2D eigenvalue weighted by atomic mass is 19.3. The molecule has 1 atom stereocenters. The van der Waals surface area contributed by atoms with Crippen molar-refractivity contribution in [3.8, 4) is 0 Å². The Balaban J connectivity index is 2.94.